The molecule has 0 bridgehead atoms. The Balaban J connectivity index is 2.39. The van der Waals surface area contributed by atoms with Crippen LogP contribution in [0.3, 0.4) is 0 Å². The normalized spacial score (nSPS) is 18.0. The summed E-state index contributed by atoms with van der Waals surface area (Å²) in [5, 5.41) is 0. The molecule has 0 unspecified atom stereocenters. The van der Waals surface area contributed by atoms with Crippen molar-refractivity contribution in [3.63, 3.8) is 0 Å². The average Bonchev–Trinajstić information content (AvgIpc) is 2.84. The number of amides is 1. The number of rotatable bonds is 5. The molecule has 1 rings (SSSR count). The van der Waals surface area contributed by atoms with Crippen LogP contribution in [0.4, 0.5) is 0 Å². The van der Waals surface area contributed by atoms with E-state index in [1.165, 1.54) is 0 Å². The van der Waals surface area contributed by atoms with Crippen molar-refractivity contribution < 1.29 is 9.59 Å². The van der Waals surface area contributed by atoms with Crippen molar-refractivity contribution in [1.82, 2.24) is 4.90 Å². The summed E-state index contributed by atoms with van der Waals surface area (Å²) in [6.45, 7) is 2.70. The zero-order valence-corrected chi connectivity index (χ0v) is 8.38. The van der Waals surface area contributed by atoms with Crippen LogP contribution in [0.1, 0.15) is 32.6 Å². The van der Waals surface area contributed by atoms with Gasteiger partial charge < -0.3 is 9.69 Å². The number of carbonyl (C=O) groups excluding carboxylic acids is 2. The predicted octanol–water partition coefficient (Wildman–Crippen LogP) is 1.22. The fraction of sp³-hybridized carbons (Fsp3) is 0.800. The van der Waals surface area contributed by atoms with Crippen molar-refractivity contribution in [3.8, 4) is 0 Å². The summed E-state index contributed by atoms with van der Waals surface area (Å²) in [6, 6.07) is 0. The van der Waals surface area contributed by atoms with E-state index in [0.29, 0.717) is 12.8 Å². The van der Waals surface area contributed by atoms with Gasteiger partial charge in [0.25, 0.3) is 0 Å². The third-order valence-corrected chi connectivity index (χ3v) is 2.90. The Morgan fingerprint density at radius 1 is 1.54 bits per heavy atom. The molecule has 1 amide bonds. The quantitative estimate of drug-likeness (QED) is 0.601. The summed E-state index contributed by atoms with van der Waals surface area (Å²) in [6.07, 6.45) is 4.11. The minimum absolute atomic E-state index is 0.0439. The molecule has 0 aromatic carbocycles. The Kier molecular flexibility index (Phi) is 3.07. The summed E-state index contributed by atoms with van der Waals surface area (Å²) in [7, 11) is 1.80. The van der Waals surface area contributed by atoms with Crippen LogP contribution < -0.4 is 0 Å². The minimum atomic E-state index is 0.0439. The number of carbonyl (C=O) groups is 2. The molecule has 0 atom stereocenters. The van der Waals surface area contributed by atoms with Gasteiger partial charge in [0.05, 0.1) is 0 Å². The second-order valence-corrected chi connectivity index (χ2v) is 3.96. The van der Waals surface area contributed by atoms with Crippen LogP contribution in [-0.4, -0.2) is 30.7 Å². The highest BCUT2D eigenvalue weighted by molar-refractivity contribution is 5.77. The molecule has 1 aliphatic rings. The van der Waals surface area contributed by atoms with E-state index in [1.54, 1.807) is 11.9 Å². The smallest absolute Gasteiger partial charge is 0.222 e. The van der Waals surface area contributed by atoms with Gasteiger partial charge >= 0.3 is 0 Å². The molecular weight excluding hydrogens is 166 g/mol. The maximum Gasteiger partial charge on any atom is 0.222 e. The number of hydrogen-bond donors (Lipinski definition) is 0. The third-order valence-electron chi connectivity index (χ3n) is 2.90. The highest BCUT2D eigenvalue weighted by atomic mass is 16.2. The van der Waals surface area contributed by atoms with E-state index in [-0.39, 0.29) is 11.3 Å². The summed E-state index contributed by atoms with van der Waals surface area (Å²) in [4.78, 5) is 23.6. The molecule has 74 valence electrons. The zero-order valence-electron chi connectivity index (χ0n) is 8.38. The van der Waals surface area contributed by atoms with E-state index in [4.69, 9.17) is 0 Å². The van der Waals surface area contributed by atoms with E-state index < -0.39 is 0 Å². The van der Waals surface area contributed by atoms with Crippen molar-refractivity contribution in [2.45, 2.75) is 32.6 Å². The van der Waals surface area contributed by atoms with Gasteiger partial charge in [-0.3, -0.25) is 4.79 Å². The van der Waals surface area contributed by atoms with Crippen LogP contribution in [0, 0.1) is 5.41 Å². The van der Waals surface area contributed by atoms with Gasteiger partial charge in [0, 0.05) is 26.4 Å². The van der Waals surface area contributed by atoms with E-state index in [1.807, 2.05) is 6.92 Å². The summed E-state index contributed by atoms with van der Waals surface area (Å²) < 4.78 is 0. The van der Waals surface area contributed by atoms with Gasteiger partial charge in [0.15, 0.2) is 0 Å². The Bertz CT molecular complexity index is 209. The van der Waals surface area contributed by atoms with E-state index >= 15 is 0 Å². The summed E-state index contributed by atoms with van der Waals surface area (Å²) in [5.41, 5.74) is 0.0439. The van der Waals surface area contributed by atoms with Crippen LogP contribution in [0.15, 0.2) is 0 Å². The highest BCUT2D eigenvalue weighted by Gasteiger charge is 2.44. The maximum absolute atomic E-state index is 11.5. The molecule has 0 radical (unpaired) electrons. The molecule has 3 nitrogen and oxygen atoms in total. The first-order valence-corrected chi connectivity index (χ1v) is 4.81. The Morgan fingerprint density at radius 3 is 2.54 bits per heavy atom. The molecule has 0 aromatic heterocycles. The van der Waals surface area contributed by atoms with Gasteiger partial charge in [-0.2, -0.15) is 0 Å². The average molecular weight is 183 g/mol. The highest BCUT2D eigenvalue weighted by Crippen LogP contribution is 2.51. The van der Waals surface area contributed by atoms with E-state index in [2.05, 4.69) is 0 Å². The van der Waals surface area contributed by atoms with Crippen molar-refractivity contribution in [2.75, 3.05) is 13.6 Å². The second-order valence-electron chi connectivity index (χ2n) is 3.96. The molecular formula is C10H17NO2. The van der Waals surface area contributed by atoms with Crippen LogP contribution >= 0.6 is 0 Å². The maximum atomic E-state index is 11.5. The topological polar surface area (TPSA) is 37.4 Å². The minimum Gasteiger partial charge on any atom is -0.346 e. The lowest BCUT2D eigenvalue weighted by molar-refractivity contribution is -0.131. The molecule has 13 heavy (non-hydrogen) atoms. The number of hydrogen-bond acceptors (Lipinski definition) is 2. The van der Waals surface area contributed by atoms with Crippen LogP contribution in [0.25, 0.3) is 0 Å². The first-order chi connectivity index (χ1) is 6.13. The Morgan fingerprint density at radius 2 is 2.15 bits per heavy atom. The zero-order chi connectivity index (χ0) is 9.90. The number of aldehydes is 1. The molecule has 0 aliphatic heterocycles. The third kappa shape index (κ3) is 2.54. The van der Waals surface area contributed by atoms with Crippen molar-refractivity contribution in [1.29, 1.82) is 0 Å². The molecule has 1 saturated carbocycles. The SMILES string of the molecule is CCN(C)C(=O)CC1(CC=O)CC1. The Hall–Kier alpha value is -0.860. The lowest BCUT2D eigenvalue weighted by Gasteiger charge is -2.18. The van der Waals surface area contributed by atoms with Crippen molar-refractivity contribution in [2.24, 2.45) is 5.41 Å². The van der Waals surface area contributed by atoms with Gasteiger partial charge in [0.1, 0.15) is 6.29 Å². The summed E-state index contributed by atoms with van der Waals surface area (Å²) >= 11 is 0. The fourth-order valence-electron chi connectivity index (χ4n) is 1.44. The van der Waals surface area contributed by atoms with Gasteiger partial charge in [-0.25, -0.2) is 0 Å². The first-order valence-electron chi connectivity index (χ1n) is 4.81. The van der Waals surface area contributed by atoms with Crippen molar-refractivity contribution >= 4 is 12.2 Å². The largest absolute Gasteiger partial charge is 0.346 e. The molecule has 3 heteroatoms. The summed E-state index contributed by atoms with van der Waals surface area (Å²) in [5.74, 6) is 0.168. The van der Waals surface area contributed by atoms with Crippen LogP contribution in [0.5, 0.6) is 0 Å². The van der Waals surface area contributed by atoms with E-state index in [0.717, 1.165) is 25.7 Å². The first kappa shape index (κ1) is 10.2. The van der Waals surface area contributed by atoms with E-state index in [9.17, 15) is 9.59 Å². The molecule has 0 heterocycles. The predicted molar refractivity (Wildman–Crippen MR) is 50.3 cm³/mol. The van der Waals surface area contributed by atoms with Gasteiger partial charge in [-0.05, 0) is 25.2 Å². The van der Waals surface area contributed by atoms with Crippen molar-refractivity contribution in [3.05, 3.63) is 0 Å². The lowest BCUT2D eigenvalue weighted by Crippen LogP contribution is -2.28. The molecule has 1 fully saturated rings. The standard InChI is InChI=1S/C10H17NO2/c1-3-11(2)9(13)8-10(4-5-10)6-7-12/h7H,3-6,8H2,1-2H3. The second kappa shape index (κ2) is 3.90. The van der Waals surface area contributed by atoms with Crippen LogP contribution in [0.2, 0.25) is 0 Å². The number of nitrogens with zero attached hydrogens (tertiary/aromatic N) is 1. The van der Waals surface area contributed by atoms with Crippen LogP contribution in [-0.2, 0) is 9.59 Å². The molecule has 0 N–H and O–H groups in total. The monoisotopic (exact) mass is 183 g/mol. The molecule has 0 saturated heterocycles. The fourth-order valence-corrected chi connectivity index (χ4v) is 1.44. The Labute approximate surface area is 79.1 Å². The van der Waals surface area contributed by atoms with Gasteiger partial charge in [0.2, 0.25) is 5.91 Å². The molecule has 0 aromatic rings. The van der Waals surface area contributed by atoms with Gasteiger partial charge in [-0.15, -0.1) is 0 Å². The van der Waals surface area contributed by atoms with Gasteiger partial charge in [-0.1, -0.05) is 0 Å². The lowest BCUT2D eigenvalue weighted by atomic mass is 9.98. The molecule has 0 spiro atoms. The molecule has 1 aliphatic carbocycles.